The van der Waals surface area contributed by atoms with Crippen molar-refractivity contribution in [2.24, 2.45) is 0 Å². The highest BCUT2D eigenvalue weighted by Gasteiger charge is 2.35. The van der Waals surface area contributed by atoms with Crippen LogP contribution in [0.4, 0.5) is 0 Å². The van der Waals surface area contributed by atoms with Crippen LogP contribution in [-0.2, 0) is 0 Å². The fourth-order valence-corrected chi connectivity index (χ4v) is 4.73. The maximum atomic E-state index is 5.41. The summed E-state index contributed by atoms with van der Waals surface area (Å²) in [6.07, 6.45) is 4.20. The number of hydrogen-bond donors (Lipinski definition) is 0. The summed E-state index contributed by atoms with van der Waals surface area (Å²) in [7, 11) is 3.90. The van der Waals surface area contributed by atoms with Gasteiger partial charge in [-0.3, -0.25) is 0 Å². The molecule has 0 amide bonds. The summed E-state index contributed by atoms with van der Waals surface area (Å²) < 4.78 is 6.65. The summed E-state index contributed by atoms with van der Waals surface area (Å²) in [6, 6.07) is 11.7. The summed E-state index contributed by atoms with van der Waals surface area (Å²) in [5, 5.41) is 1.28. The fourth-order valence-electron chi connectivity index (χ4n) is 3.60. The summed E-state index contributed by atoms with van der Waals surface area (Å²) in [6.45, 7) is 4.53. The van der Waals surface area contributed by atoms with E-state index in [9.17, 15) is 0 Å². The molecule has 1 aliphatic rings. The predicted molar refractivity (Wildman–Crippen MR) is 108 cm³/mol. The topological polar surface area (TPSA) is 38.3 Å². The van der Waals surface area contributed by atoms with Gasteiger partial charge in [-0.25, -0.2) is 9.97 Å². The molecule has 2 aromatic heterocycles. The Bertz CT molecular complexity index is 915. The normalized spacial score (nSPS) is 19.9. The van der Waals surface area contributed by atoms with Crippen molar-refractivity contribution >= 4 is 21.6 Å². The van der Waals surface area contributed by atoms with Gasteiger partial charge in [0.1, 0.15) is 0 Å². The van der Waals surface area contributed by atoms with E-state index in [0.29, 0.717) is 23.9 Å². The van der Waals surface area contributed by atoms with Crippen LogP contribution in [0, 0.1) is 0 Å². The van der Waals surface area contributed by atoms with Crippen LogP contribution in [0.25, 0.3) is 21.3 Å². The van der Waals surface area contributed by atoms with E-state index in [1.54, 1.807) is 13.3 Å². The molecule has 0 radical (unpaired) electrons. The summed E-state index contributed by atoms with van der Waals surface area (Å²) in [5.74, 6) is 1.27. The third-order valence-electron chi connectivity index (χ3n) is 5.53. The van der Waals surface area contributed by atoms with Crippen LogP contribution in [-0.4, -0.2) is 41.1 Å². The lowest BCUT2D eigenvalue weighted by Gasteiger charge is -2.42. The van der Waals surface area contributed by atoms with E-state index in [1.165, 1.54) is 22.5 Å². The van der Waals surface area contributed by atoms with Crippen molar-refractivity contribution in [1.82, 2.24) is 14.9 Å². The molecule has 4 rings (SSSR count). The molecule has 0 spiro atoms. The molecule has 0 atom stereocenters. The number of thiazole rings is 1. The third-order valence-corrected chi connectivity index (χ3v) is 6.71. The number of aromatic nitrogens is 2. The lowest BCUT2D eigenvalue weighted by molar-refractivity contribution is 0.108. The molecular weight excluding hydrogens is 342 g/mol. The minimum absolute atomic E-state index is 0.605. The molecule has 4 nitrogen and oxygen atoms in total. The highest BCUT2D eigenvalue weighted by molar-refractivity contribution is 7.18. The summed E-state index contributed by atoms with van der Waals surface area (Å²) in [5.41, 5.74) is 3.25. The van der Waals surface area contributed by atoms with Crippen LogP contribution in [0.3, 0.4) is 0 Å². The monoisotopic (exact) mass is 367 g/mol. The number of methoxy groups -OCH3 is 1. The quantitative estimate of drug-likeness (QED) is 0.639. The third kappa shape index (κ3) is 3.10. The Labute approximate surface area is 158 Å². The molecule has 1 saturated carbocycles. The van der Waals surface area contributed by atoms with E-state index < -0.39 is 0 Å². The summed E-state index contributed by atoms with van der Waals surface area (Å²) >= 11 is 1.83. The first-order valence-electron chi connectivity index (χ1n) is 9.18. The molecule has 0 saturated heterocycles. The van der Waals surface area contributed by atoms with Crippen molar-refractivity contribution in [2.45, 2.75) is 44.7 Å². The van der Waals surface area contributed by atoms with E-state index in [4.69, 9.17) is 9.72 Å². The van der Waals surface area contributed by atoms with Gasteiger partial charge in [0.05, 0.1) is 22.3 Å². The first-order chi connectivity index (χ1) is 12.6. The van der Waals surface area contributed by atoms with Gasteiger partial charge in [0.25, 0.3) is 0 Å². The zero-order chi connectivity index (χ0) is 18.3. The Morgan fingerprint density at radius 1 is 1.23 bits per heavy atom. The minimum Gasteiger partial charge on any atom is -0.481 e. The second-order valence-electron chi connectivity index (χ2n) is 7.38. The van der Waals surface area contributed by atoms with Crippen molar-refractivity contribution < 1.29 is 4.74 Å². The van der Waals surface area contributed by atoms with Gasteiger partial charge in [-0.15, -0.1) is 11.3 Å². The molecule has 0 unspecified atom stereocenters. The zero-order valence-electron chi connectivity index (χ0n) is 15.8. The molecule has 136 valence electrons. The smallest absolute Gasteiger partial charge is 0.221 e. The van der Waals surface area contributed by atoms with Gasteiger partial charge in [-0.2, -0.15) is 0 Å². The van der Waals surface area contributed by atoms with Gasteiger partial charge in [-0.05, 0) is 63.6 Å². The number of nitrogens with zero attached hydrogens (tertiary/aromatic N) is 3. The molecule has 0 N–H and O–H groups in total. The van der Waals surface area contributed by atoms with Gasteiger partial charge in [0, 0.05) is 29.8 Å². The van der Waals surface area contributed by atoms with Gasteiger partial charge in [0.15, 0.2) is 0 Å². The second kappa shape index (κ2) is 6.97. The van der Waals surface area contributed by atoms with E-state index in [2.05, 4.69) is 49.0 Å². The highest BCUT2D eigenvalue weighted by Crippen LogP contribution is 2.43. The lowest BCUT2D eigenvalue weighted by Crippen LogP contribution is -2.44. The van der Waals surface area contributed by atoms with Crippen LogP contribution in [0.5, 0.6) is 5.88 Å². The Balaban J connectivity index is 1.58. The standard InChI is InChI=1S/C21H25N3OS/c1-13(2)24(3)16-10-15(11-16)21-23-18-8-7-14(12-19(18)26-21)17-6-5-9-22-20(17)25-4/h5-9,12-13,15-16H,10-11H2,1-4H3/t15-,16-. The van der Waals surface area contributed by atoms with Gasteiger partial charge < -0.3 is 9.64 Å². The first kappa shape index (κ1) is 17.4. The SMILES string of the molecule is COc1ncccc1-c1ccc2nc([C@H]3C[C@H](N(C)C(C)C)C3)sc2c1. The van der Waals surface area contributed by atoms with Crippen molar-refractivity contribution in [1.29, 1.82) is 0 Å². The number of fused-ring (bicyclic) bond motifs is 1. The van der Waals surface area contributed by atoms with E-state index in [0.717, 1.165) is 16.6 Å². The van der Waals surface area contributed by atoms with Gasteiger partial charge in [-0.1, -0.05) is 6.07 Å². The molecule has 2 heterocycles. The average molecular weight is 368 g/mol. The molecule has 1 aromatic carbocycles. The van der Waals surface area contributed by atoms with E-state index >= 15 is 0 Å². The molecule has 3 aromatic rings. The molecule has 0 bridgehead atoms. The van der Waals surface area contributed by atoms with Crippen molar-refractivity contribution in [3.05, 3.63) is 41.5 Å². The van der Waals surface area contributed by atoms with E-state index in [1.807, 2.05) is 23.5 Å². The maximum absolute atomic E-state index is 5.41. The number of pyridine rings is 1. The minimum atomic E-state index is 0.605. The number of benzene rings is 1. The predicted octanol–water partition coefficient (Wildman–Crippen LogP) is 4.95. The van der Waals surface area contributed by atoms with Crippen LogP contribution in [0.2, 0.25) is 0 Å². The Kier molecular flexibility index (Phi) is 4.67. The van der Waals surface area contributed by atoms with Gasteiger partial charge >= 0.3 is 0 Å². The fraction of sp³-hybridized carbons (Fsp3) is 0.429. The Morgan fingerprint density at radius 3 is 2.77 bits per heavy atom. The lowest BCUT2D eigenvalue weighted by atomic mass is 9.79. The van der Waals surface area contributed by atoms with Crippen molar-refractivity contribution in [2.75, 3.05) is 14.2 Å². The number of rotatable bonds is 5. The average Bonchev–Trinajstić information content (AvgIpc) is 3.02. The molecule has 0 aliphatic heterocycles. The second-order valence-corrected chi connectivity index (χ2v) is 8.44. The molecule has 1 aliphatic carbocycles. The van der Waals surface area contributed by atoms with Crippen LogP contribution in [0.15, 0.2) is 36.5 Å². The zero-order valence-corrected chi connectivity index (χ0v) is 16.6. The van der Waals surface area contributed by atoms with Crippen molar-refractivity contribution in [3.63, 3.8) is 0 Å². The highest BCUT2D eigenvalue weighted by atomic mass is 32.1. The van der Waals surface area contributed by atoms with Crippen molar-refractivity contribution in [3.8, 4) is 17.0 Å². The summed E-state index contributed by atoms with van der Waals surface area (Å²) in [4.78, 5) is 11.7. The Hall–Kier alpha value is -1.98. The molecule has 1 fully saturated rings. The molecular formula is C21H25N3OS. The Morgan fingerprint density at radius 2 is 2.04 bits per heavy atom. The largest absolute Gasteiger partial charge is 0.481 e. The van der Waals surface area contributed by atoms with Crippen LogP contribution >= 0.6 is 11.3 Å². The number of ether oxygens (including phenoxy) is 1. The molecule has 5 heteroatoms. The molecule has 26 heavy (non-hydrogen) atoms. The first-order valence-corrected chi connectivity index (χ1v) is 10.00. The number of hydrogen-bond acceptors (Lipinski definition) is 5. The van der Waals surface area contributed by atoms with Crippen LogP contribution in [0.1, 0.15) is 37.6 Å². The van der Waals surface area contributed by atoms with E-state index in [-0.39, 0.29) is 0 Å². The van der Waals surface area contributed by atoms with Crippen LogP contribution < -0.4 is 4.74 Å². The van der Waals surface area contributed by atoms with Gasteiger partial charge in [0.2, 0.25) is 5.88 Å². The maximum Gasteiger partial charge on any atom is 0.221 e.